The van der Waals surface area contributed by atoms with Crippen LogP contribution in [0.1, 0.15) is 5.56 Å². The summed E-state index contributed by atoms with van der Waals surface area (Å²) in [5, 5.41) is 1.05. The molecule has 0 aliphatic carbocycles. The van der Waals surface area contributed by atoms with Gasteiger partial charge in [-0.2, -0.15) is 0 Å². The fourth-order valence-electron chi connectivity index (χ4n) is 4.38. The van der Waals surface area contributed by atoms with Gasteiger partial charge >= 0.3 is 0 Å². The number of benzene rings is 3. The fourth-order valence-corrected chi connectivity index (χ4v) is 5.06. The second kappa shape index (κ2) is 13.9. The van der Waals surface area contributed by atoms with Gasteiger partial charge in [-0.25, -0.2) is 4.98 Å². The molecule has 0 unspecified atom stereocenters. The third kappa shape index (κ3) is 7.09. The topological polar surface area (TPSA) is 45.0 Å². The van der Waals surface area contributed by atoms with Crippen molar-refractivity contribution in [1.29, 1.82) is 0 Å². The molecule has 3 aromatic carbocycles. The number of nitrogens with one attached hydrogen (secondary N) is 1. The predicted molar refractivity (Wildman–Crippen MR) is 176 cm³/mol. The van der Waals surface area contributed by atoms with Crippen LogP contribution >= 0.6 is 24.0 Å². The van der Waals surface area contributed by atoms with Crippen molar-refractivity contribution in [3.63, 3.8) is 0 Å². The molecule has 6 nitrogen and oxygen atoms in total. The van der Waals surface area contributed by atoms with Crippen molar-refractivity contribution in [1.82, 2.24) is 28.9 Å². The molecule has 5 aromatic rings. The minimum Gasteiger partial charge on any atom is -0.337 e. The first-order valence-corrected chi connectivity index (χ1v) is 14.8. The minimum absolute atomic E-state index is 0.749. The number of rotatable bonds is 4. The Morgan fingerprint density at radius 1 is 0.732 bits per heavy atom. The van der Waals surface area contributed by atoms with Gasteiger partial charge in [0, 0.05) is 40.6 Å². The van der Waals surface area contributed by atoms with E-state index in [1.54, 1.807) is 11.8 Å². The Balaban J connectivity index is 0.000000142. The number of hydrogen-bond acceptors (Lipinski definition) is 5. The number of aromatic nitrogens is 4. The van der Waals surface area contributed by atoms with Crippen molar-refractivity contribution < 1.29 is 0 Å². The molecule has 0 atom stereocenters. The van der Waals surface area contributed by atoms with E-state index in [1.165, 1.54) is 22.4 Å². The van der Waals surface area contributed by atoms with Crippen molar-refractivity contribution in [3.05, 3.63) is 132 Å². The second-order valence-corrected chi connectivity index (χ2v) is 10.6. The molecule has 41 heavy (non-hydrogen) atoms. The maximum atomic E-state index is 5.08. The summed E-state index contributed by atoms with van der Waals surface area (Å²) < 4.78 is 4.82. The van der Waals surface area contributed by atoms with E-state index in [0.29, 0.717) is 0 Å². The van der Waals surface area contributed by atoms with Crippen LogP contribution in [0.25, 0.3) is 28.2 Å². The smallest absolute Gasteiger partial charge is 0.177 e. The Hall–Kier alpha value is -4.27. The molecular formula is C33H36N6S2. The first kappa shape index (κ1) is 29.7. The summed E-state index contributed by atoms with van der Waals surface area (Å²) >= 11 is 6.74. The molecule has 0 fully saturated rings. The van der Waals surface area contributed by atoms with Gasteiger partial charge in [-0.15, -0.1) is 0 Å². The minimum atomic E-state index is 0.749. The molecule has 0 spiro atoms. The molecule has 6 rings (SSSR count). The highest BCUT2D eigenvalue weighted by Gasteiger charge is 2.19. The van der Waals surface area contributed by atoms with E-state index < -0.39 is 0 Å². The van der Waals surface area contributed by atoms with E-state index in [0.717, 1.165) is 27.1 Å². The van der Waals surface area contributed by atoms with Crippen LogP contribution in [0.2, 0.25) is 0 Å². The lowest BCUT2D eigenvalue weighted by Gasteiger charge is -2.19. The van der Waals surface area contributed by atoms with Crippen molar-refractivity contribution in [3.8, 4) is 22.5 Å². The molecule has 0 amide bonds. The molecule has 0 radical (unpaired) electrons. The first-order chi connectivity index (χ1) is 19.8. The van der Waals surface area contributed by atoms with Crippen LogP contribution in [0.3, 0.4) is 0 Å². The number of aromatic amines is 1. The first-order valence-electron chi connectivity index (χ1n) is 13.2. The molecule has 0 bridgehead atoms. The Labute approximate surface area is 252 Å². The summed E-state index contributed by atoms with van der Waals surface area (Å²) in [5.41, 5.74) is 7.08. The van der Waals surface area contributed by atoms with Crippen LogP contribution in [-0.2, 0) is 14.1 Å². The van der Waals surface area contributed by atoms with Gasteiger partial charge in [-0.3, -0.25) is 0 Å². The van der Waals surface area contributed by atoms with Gasteiger partial charge in [0.05, 0.1) is 23.3 Å². The zero-order chi connectivity index (χ0) is 29.4. The third-order valence-electron chi connectivity index (χ3n) is 6.81. The number of imidazole rings is 2. The Bertz CT molecular complexity index is 1650. The van der Waals surface area contributed by atoms with Gasteiger partial charge in [0.15, 0.2) is 9.93 Å². The Morgan fingerprint density at radius 3 is 1.66 bits per heavy atom. The molecule has 1 aliphatic heterocycles. The van der Waals surface area contributed by atoms with Crippen molar-refractivity contribution >= 4 is 29.7 Å². The predicted octanol–water partition coefficient (Wildman–Crippen LogP) is 7.89. The molecule has 0 saturated carbocycles. The molecule has 2 aromatic heterocycles. The molecule has 210 valence electrons. The maximum Gasteiger partial charge on any atom is 0.177 e. The van der Waals surface area contributed by atoms with Crippen LogP contribution in [0.15, 0.2) is 127 Å². The number of thioether (sulfide) groups is 1. The lowest BCUT2D eigenvalue weighted by molar-refractivity contribution is 0.458. The highest BCUT2D eigenvalue weighted by Crippen LogP contribution is 2.28. The molecule has 8 heteroatoms. The monoisotopic (exact) mass is 580 g/mol. The van der Waals surface area contributed by atoms with E-state index in [1.807, 2.05) is 111 Å². The van der Waals surface area contributed by atoms with E-state index in [4.69, 9.17) is 12.2 Å². The second-order valence-electron chi connectivity index (χ2n) is 9.43. The highest BCUT2D eigenvalue weighted by molar-refractivity contribution is 7.98. The van der Waals surface area contributed by atoms with E-state index in [9.17, 15) is 0 Å². The standard InChI is InChI=1S/C12H14N2.C11H12N2S.C10H10N2S/c1-10-13(2)9-12(14(10)3)11-7-5-4-6-8-11;1-13-10(8-12-11(13)14-2)9-6-4-3-5-7-9;1-12-9(7-11-10(12)13)8-5-3-2-4-6-8/h4-9H,1H2,2-3H3;3-8H,1-2H3;2-7H,1H3,(H,11,13). The number of hydrogen-bond donors (Lipinski definition) is 1. The van der Waals surface area contributed by atoms with Crippen LogP contribution in [0.4, 0.5) is 0 Å². The van der Waals surface area contributed by atoms with Crippen molar-refractivity contribution in [2.75, 3.05) is 20.4 Å². The van der Waals surface area contributed by atoms with Gasteiger partial charge in [0.1, 0.15) is 5.82 Å². The van der Waals surface area contributed by atoms with Gasteiger partial charge in [0.25, 0.3) is 0 Å². The van der Waals surface area contributed by atoms with Crippen molar-refractivity contribution in [2.45, 2.75) is 5.16 Å². The van der Waals surface area contributed by atoms with Gasteiger partial charge in [0.2, 0.25) is 0 Å². The summed E-state index contributed by atoms with van der Waals surface area (Å²) in [6.45, 7) is 3.99. The number of H-pyrrole nitrogens is 1. The van der Waals surface area contributed by atoms with Gasteiger partial charge in [-0.05, 0) is 35.2 Å². The quantitative estimate of drug-likeness (QED) is 0.173. The van der Waals surface area contributed by atoms with Crippen molar-refractivity contribution in [2.24, 2.45) is 14.1 Å². The lowest BCUT2D eigenvalue weighted by Crippen LogP contribution is -2.16. The van der Waals surface area contributed by atoms with Crippen LogP contribution in [-0.4, -0.2) is 49.3 Å². The average molecular weight is 581 g/mol. The molecule has 1 aliphatic rings. The SMILES string of the molecule is C=C1N(C)C=C(c2ccccc2)N1C.CSc1ncc(-c2ccccc2)n1C.Cn1c(-c2ccccc2)c[nH]c1=S. The average Bonchev–Trinajstić information content (AvgIpc) is 3.65. The molecule has 3 heterocycles. The summed E-state index contributed by atoms with van der Waals surface area (Å²) in [6.07, 6.45) is 7.98. The van der Waals surface area contributed by atoms with E-state index in [-0.39, 0.29) is 0 Å². The summed E-state index contributed by atoms with van der Waals surface area (Å²) in [6, 6.07) is 30.8. The molecule has 0 saturated heterocycles. The van der Waals surface area contributed by atoms with Gasteiger partial charge in [-0.1, -0.05) is 109 Å². The van der Waals surface area contributed by atoms with Crippen LogP contribution in [0, 0.1) is 4.77 Å². The van der Waals surface area contributed by atoms with E-state index in [2.05, 4.69) is 68.6 Å². The van der Waals surface area contributed by atoms with Crippen LogP contribution < -0.4 is 0 Å². The largest absolute Gasteiger partial charge is 0.337 e. The summed E-state index contributed by atoms with van der Waals surface area (Å²) in [4.78, 5) is 11.5. The Kier molecular flexibility index (Phi) is 10.1. The zero-order valence-electron chi connectivity index (χ0n) is 24.2. The molecular weight excluding hydrogens is 545 g/mol. The normalized spacial score (nSPS) is 12.3. The zero-order valence-corrected chi connectivity index (χ0v) is 25.8. The van der Waals surface area contributed by atoms with Gasteiger partial charge < -0.3 is 23.9 Å². The van der Waals surface area contributed by atoms with Crippen LogP contribution in [0.5, 0.6) is 0 Å². The lowest BCUT2D eigenvalue weighted by atomic mass is 10.1. The summed E-state index contributed by atoms with van der Waals surface area (Å²) in [5.74, 6) is 1.00. The summed E-state index contributed by atoms with van der Waals surface area (Å²) in [7, 11) is 8.04. The third-order valence-corrected chi connectivity index (χ3v) is 7.94. The number of nitrogens with zero attached hydrogens (tertiary/aromatic N) is 5. The molecule has 1 N–H and O–H groups in total. The fraction of sp³-hybridized carbons (Fsp3) is 0.152. The highest BCUT2D eigenvalue weighted by atomic mass is 32.2. The maximum absolute atomic E-state index is 5.08. The van der Waals surface area contributed by atoms with E-state index >= 15 is 0 Å². The Morgan fingerprint density at radius 2 is 1.24 bits per heavy atom.